The number of hydrogen-bond acceptors (Lipinski definition) is 4. The normalized spacial score (nSPS) is 28.6. The van der Waals surface area contributed by atoms with Crippen LogP contribution in [0.15, 0.2) is 0 Å². The van der Waals surface area contributed by atoms with Crippen molar-refractivity contribution in [3.8, 4) is 0 Å². The van der Waals surface area contributed by atoms with Crippen molar-refractivity contribution in [2.24, 2.45) is 5.92 Å². The van der Waals surface area contributed by atoms with Gasteiger partial charge in [0, 0.05) is 0 Å². The number of hydrogen-bond donors (Lipinski definition) is 0. The summed E-state index contributed by atoms with van der Waals surface area (Å²) < 4.78 is 9.80. The highest BCUT2D eigenvalue weighted by atomic mass is 79.9. The number of carbonyl (C=O) groups excluding carboxylic acids is 2. The third-order valence-electron chi connectivity index (χ3n) is 1.77. The molecule has 5 heteroatoms. The van der Waals surface area contributed by atoms with Gasteiger partial charge in [-0.2, -0.15) is 0 Å². The molecule has 1 aliphatic heterocycles. The molecule has 0 aliphatic carbocycles. The molecular formula is C8H11BrO4. The molecule has 0 aromatic rings. The first kappa shape index (κ1) is 10.7. The highest BCUT2D eigenvalue weighted by Crippen LogP contribution is 2.17. The van der Waals surface area contributed by atoms with Crippen LogP contribution in [0.1, 0.15) is 6.92 Å². The van der Waals surface area contributed by atoms with Gasteiger partial charge in [-0.1, -0.05) is 15.9 Å². The van der Waals surface area contributed by atoms with Gasteiger partial charge < -0.3 is 9.47 Å². The van der Waals surface area contributed by atoms with Crippen LogP contribution in [0.25, 0.3) is 0 Å². The van der Waals surface area contributed by atoms with E-state index in [2.05, 4.69) is 15.9 Å². The largest absolute Gasteiger partial charge is 0.465 e. The van der Waals surface area contributed by atoms with E-state index in [4.69, 9.17) is 9.47 Å². The second-order valence-corrected chi connectivity index (χ2v) is 3.82. The van der Waals surface area contributed by atoms with Gasteiger partial charge in [0.1, 0.15) is 5.92 Å². The molecule has 13 heavy (non-hydrogen) atoms. The van der Waals surface area contributed by atoms with E-state index in [1.807, 2.05) is 0 Å². The molecule has 0 amide bonds. The first-order valence-corrected chi connectivity index (χ1v) is 5.00. The first-order chi connectivity index (χ1) is 6.16. The van der Waals surface area contributed by atoms with E-state index in [0.717, 1.165) is 0 Å². The van der Waals surface area contributed by atoms with Crippen molar-refractivity contribution in [2.45, 2.75) is 11.8 Å². The Labute approximate surface area is 84.7 Å². The summed E-state index contributed by atoms with van der Waals surface area (Å²) in [5.74, 6) is -1.39. The lowest BCUT2D eigenvalue weighted by atomic mass is 10.0. The number of ketones is 1. The highest BCUT2D eigenvalue weighted by Gasteiger charge is 2.36. The molecule has 4 nitrogen and oxygen atoms in total. The fourth-order valence-electron chi connectivity index (χ4n) is 1.10. The van der Waals surface area contributed by atoms with E-state index in [9.17, 15) is 9.59 Å². The van der Waals surface area contributed by atoms with Crippen LogP contribution >= 0.6 is 15.9 Å². The molecular weight excluding hydrogens is 240 g/mol. The number of ether oxygens (including phenoxy) is 2. The van der Waals surface area contributed by atoms with Crippen LogP contribution in [0.5, 0.6) is 0 Å². The van der Waals surface area contributed by atoms with Crippen LogP contribution in [0, 0.1) is 5.92 Å². The Kier molecular flexibility index (Phi) is 3.87. The molecule has 0 bridgehead atoms. The van der Waals surface area contributed by atoms with Gasteiger partial charge in [-0.25, -0.2) is 0 Å². The second-order valence-electron chi connectivity index (χ2n) is 2.71. The number of rotatable bonds is 2. The molecule has 74 valence electrons. The lowest BCUT2D eigenvalue weighted by molar-refractivity contribution is -0.156. The number of alkyl halides is 1. The Morgan fingerprint density at radius 1 is 1.69 bits per heavy atom. The topological polar surface area (TPSA) is 52.6 Å². The van der Waals surface area contributed by atoms with Crippen LogP contribution in [-0.2, 0) is 19.1 Å². The summed E-state index contributed by atoms with van der Waals surface area (Å²) in [5, 5.41) is 0. The van der Waals surface area contributed by atoms with Gasteiger partial charge in [-0.3, -0.25) is 9.59 Å². The molecule has 1 heterocycles. The van der Waals surface area contributed by atoms with Crippen molar-refractivity contribution in [1.29, 1.82) is 0 Å². The molecule has 0 unspecified atom stereocenters. The molecule has 0 N–H and O–H groups in total. The number of halogens is 1. The van der Waals surface area contributed by atoms with Gasteiger partial charge >= 0.3 is 5.97 Å². The maximum Gasteiger partial charge on any atom is 0.318 e. The predicted molar refractivity (Wildman–Crippen MR) is 48.7 cm³/mol. The lowest BCUT2D eigenvalue weighted by Gasteiger charge is -2.22. The average molecular weight is 251 g/mol. The van der Waals surface area contributed by atoms with Crippen LogP contribution in [0.3, 0.4) is 0 Å². The Balaban J connectivity index is 2.57. The van der Waals surface area contributed by atoms with E-state index in [1.165, 1.54) is 0 Å². The summed E-state index contributed by atoms with van der Waals surface area (Å²) in [6.07, 6.45) is 0. The van der Waals surface area contributed by atoms with Crippen molar-refractivity contribution >= 4 is 27.7 Å². The third-order valence-corrected chi connectivity index (χ3v) is 2.49. The molecule has 0 aromatic heterocycles. The Morgan fingerprint density at radius 3 is 3.00 bits per heavy atom. The maximum absolute atomic E-state index is 11.4. The average Bonchev–Trinajstić information content (AvgIpc) is 2.10. The van der Waals surface area contributed by atoms with Gasteiger partial charge in [0.05, 0.1) is 24.6 Å². The van der Waals surface area contributed by atoms with Crippen molar-refractivity contribution in [1.82, 2.24) is 0 Å². The van der Waals surface area contributed by atoms with Gasteiger partial charge in [0.2, 0.25) is 0 Å². The van der Waals surface area contributed by atoms with Crippen LogP contribution in [0.4, 0.5) is 0 Å². The van der Waals surface area contributed by atoms with E-state index >= 15 is 0 Å². The van der Waals surface area contributed by atoms with E-state index in [0.29, 0.717) is 6.61 Å². The smallest absolute Gasteiger partial charge is 0.318 e. The number of esters is 1. The van der Waals surface area contributed by atoms with Crippen molar-refractivity contribution in [2.75, 3.05) is 19.8 Å². The Bertz CT molecular complexity index is 216. The monoisotopic (exact) mass is 250 g/mol. The van der Waals surface area contributed by atoms with Crippen LogP contribution in [0.2, 0.25) is 0 Å². The molecule has 1 fully saturated rings. The van der Waals surface area contributed by atoms with Gasteiger partial charge in [-0.15, -0.1) is 0 Å². The molecule has 0 spiro atoms. The molecule has 0 saturated carbocycles. The SMILES string of the molecule is CCOC(=O)[C@H]1COC[C@@H](Br)C1=O. The molecule has 0 radical (unpaired) electrons. The van der Waals surface area contributed by atoms with E-state index in [1.54, 1.807) is 6.92 Å². The molecule has 0 aromatic carbocycles. The highest BCUT2D eigenvalue weighted by molar-refractivity contribution is 9.10. The zero-order valence-electron chi connectivity index (χ0n) is 7.29. The quantitative estimate of drug-likeness (QED) is 0.408. The van der Waals surface area contributed by atoms with Crippen LogP contribution in [-0.4, -0.2) is 36.4 Å². The van der Waals surface area contributed by atoms with Crippen LogP contribution < -0.4 is 0 Å². The summed E-state index contributed by atoms with van der Waals surface area (Å²) >= 11 is 3.13. The standard InChI is InChI=1S/C8H11BrO4/c1-2-13-8(11)5-3-12-4-6(9)7(5)10/h5-6H,2-4H2,1H3/t5-,6+/m0/s1. The summed E-state index contributed by atoms with van der Waals surface area (Å²) in [5.41, 5.74) is 0. The Hall–Kier alpha value is -0.420. The summed E-state index contributed by atoms with van der Waals surface area (Å²) in [4.78, 5) is 22.2. The van der Waals surface area contributed by atoms with Gasteiger partial charge in [0.15, 0.2) is 5.78 Å². The van der Waals surface area contributed by atoms with Crippen molar-refractivity contribution in [3.05, 3.63) is 0 Å². The number of Topliss-reactive ketones (excluding diaryl/α,β-unsaturated/α-hetero) is 1. The minimum atomic E-state index is -0.752. The molecule has 1 aliphatic rings. The van der Waals surface area contributed by atoms with Crippen molar-refractivity contribution < 1.29 is 19.1 Å². The second kappa shape index (κ2) is 4.72. The maximum atomic E-state index is 11.4. The zero-order valence-corrected chi connectivity index (χ0v) is 8.87. The van der Waals surface area contributed by atoms with E-state index in [-0.39, 0.29) is 23.8 Å². The summed E-state index contributed by atoms with van der Waals surface area (Å²) in [7, 11) is 0. The zero-order chi connectivity index (χ0) is 9.84. The summed E-state index contributed by atoms with van der Waals surface area (Å²) in [6, 6.07) is 0. The van der Waals surface area contributed by atoms with Gasteiger partial charge in [0.25, 0.3) is 0 Å². The van der Waals surface area contributed by atoms with Gasteiger partial charge in [-0.05, 0) is 6.92 Å². The van der Waals surface area contributed by atoms with Crippen molar-refractivity contribution in [3.63, 3.8) is 0 Å². The number of carbonyl (C=O) groups is 2. The predicted octanol–water partition coefficient (Wildman–Crippen LogP) is 0.528. The lowest BCUT2D eigenvalue weighted by Crippen LogP contribution is -2.41. The first-order valence-electron chi connectivity index (χ1n) is 4.09. The third kappa shape index (κ3) is 2.51. The Morgan fingerprint density at radius 2 is 2.38 bits per heavy atom. The fourth-order valence-corrected chi connectivity index (χ4v) is 1.60. The fraction of sp³-hybridized carbons (Fsp3) is 0.750. The minimum absolute atomic E-state index is 0.139. The summed E-state index contributed by atoms with van der Waals surface area (Å²) in [6.45, 7) is 2.46. The molecule has 1 rings (SSSR count). The minimum Gasteiger partial charge on any atom is -0.465 e. The molecule has 2 atom stereocenters. The molecule has 1 saturated heterocycles. The van der Waals surface area contributed by atoms with E-state index < -0.39 is 11.9 Å².